The topological polar surface area (TPSA) is 72.8 Å². The van der Waals surface area contributed by atoms with Crippen LogP contribution >= 0.6 is 0 Å². The zero-order valence-electron chi connectivity index (χ0n) is 9.06. The molecule has 11 heteroatoms. The molecule has 5 nitrogen and oxygen atoms in total. The van der Waals surface area contributed by atoms with Crippen molar-refractivity contribution in [2.45, 2.75) is 37.1 Å². The molecule has 0 spiro atoms. The van der Waals surface area contributed by atoms with Gasteiger partial charge in [-0.25, -0.2) is 4.79 Å². The van der Waals surface area contributed by atoms with Crippen molar-refractivity contribution in [2.24, 2.45) is 0 Å². The molecule has 0 saturated carbocycles. The Balaban J connectivity index is 3.28. The van der Waals surface area contributed by atoms with Gasteiger partial charge in [-0.3, -0.25) is 4.79 Å². The van der Waals surface area contributed by atoms with Gasteiger partial charge in [0.1, 0.15) is 0 Å². The first-order valence-corrected chi connectivity index (χ1v) is 4.54. The first-order chi connectivity index (χ1) is 8.25. The highest BCUT2D eigenvalue weighted by atomic mass is 19.4. The third-order valence-corrected chi connectivity index (χ3v) is 2.27. The molecule has 1 saturated heterocycles. The fourth-order valence-electron chi connectivity index (χ4n) is 1.41. The summed E-state index contributed by atoms with van der Waals surface area (Å²) in [6.07, 6.45) is -13.6. The van der Waals surface area contributed by atoms with Gasteiger partial charge in [0.05, 0.1) is 6.42 Å². The van der Waals surface area contributed by atoms with Crippen LogP contribution in [0.25, 0.3) is 0 Å². The van der Waals surface area contributed by atoms with E-state index in [9.17, 15) is 35.9 Å². The van der Waals surface area contributed by atoms with Crippen LogP contribution in [0.4, 0.5) is 26.3 Å². The van der Waals surface area contributed by atoms with Crippen LogP contribution < -0.4 is 0 Å². The Labute approximate surface area is 101 Å². The fraction of sp³-hybridized carbons (Fsp3) is 0.750. The van der Waals surface area contributed by atoms with E-state index in [1.165, 1.54) is 0 Å². The summed E-state index contributed by atoms with van der Waals surface area (Å²) in [6, 6.07) is 0. The number of halogens is 6. The van der Waals surface area contributed by atoms with Crippen LogP contribution in [0.1, 0.15) is 13.3 Å². The van der Waals surface area contributed by atoms with Gasteiger partial charge in [0.2, 0.25) is 0 Å². The Kier molecular flexibility index (Phi) is 3.26. The zero-order valence-corrected chi connectivity index (χ0v) is 9.06. The number of carboxylic acids is 1. The lowest BCUT2D eigenvalue weighted by molar-refractivity contribution is -0.444. The van der Waals surface area contributed by atoms with E-state index < -0.39 is 42.1 Å². The van der Waals surface area contributed by atoms with Gasteiger partial charge in [-0.05, 0) is 6.92 Å². The highest BCUT2D eigenvalue weighted by molar-refractivity contribution is 5.86. The molecule has 1 fully saturated rings. The monoisotopic (exact) mass is 296 g/mol. The second-order valence-electron chi connectivity index (χ2n) is 3.91. The van der Waals surface area contributed by atoms with Crippen molar-refractivity contribution in [1.29, 1.82) is 0 Å². The minimum atomic E-state index is -6.10. The van der Waals surface area contributed by atoms with Crippen molar-refractivity contribution >= 4 is 11.9 Å². The van der Waals surface area contributed by atoms with Crippen LogP contribution in [-0.4, -0.2) is 40.8 Å². The van der Waals surface area contributed by atoms with Crippen molar-refractivity contribution in [3.63, 3.8) is 0 Å². The second-order valence-corrected chi connectivity index (χ2v) is 3.91. The average molecular weight is 296 g/mol. The minimum absolute atomic E-state index is 0.475. The number of cyclic esters (lactones) is 1. The van der Waals surface area contributed by atoms with Gasteiger partial charge in [0.15, 0.2) is 5.60 Å². The number of carbonyl (C=O) groups is 2. The molecule has 1 N–H and O–H groups in total. The molecule has 0 aliphatic carbocycles. The summed E-state index contributed by atoms with van der Waals surface area (Å²) < 4.78 is 82.0. The van der Waals surface area contributed by atoms with Crippen LogP contribution in [0.3, 0.4) is 0 Å². The first kappa shape index (κ1) is 15.5. The van der Waals surface area contributed by atoms with Gasteiger partial charge >= 0.3 is 30.1 Å². The number of hydrogen-bond donors (Lipinski definition) is 1. The number of rotatable bonds is 2. The molecular weight excluding hydrogens is 290 g/mol. The van der Waals surface area contributed by atoms with Crippen molar-refractivity contribution in [3.8, 4) is 0 Å². The maximum Gasteiger partial charge on any atom is 0.465 e. The Bertz CT molecular complexity index is 399. The Hall–Kier alpha value is -1.52. The third kappa shape index (κ3) is 2.33. The highest BCUT2D eigenvalue weighted by Crippen LogP contribution is 2.53. The molecule has 0 radical (unpaired) electrons. The molecule has 1 rings (SSSR count). The lowest BCUT2D eigenvalue weighted by Crippen LogP contribution is -2.58. The van der Waals surface area contributed by atoms with Gasteiger partial charge in [0, 0.05) is 0 Å². The largest absolute Gasteiger partial charge is 0.481 e. The van der Waals surface area contributed by atoms with E-state index in [4.69, 9.17) is 5.11 Å². The van der Waals surface area contributed by atoms with E-state index in [-0.39, 0.29) is 0 Å². The molecule has 1 aliphatic heterocycles. The van der Waals surface area contributed by atoms with Gasteiger partial charge in [-0.2, -0.15) is 26.3 Å². The van der Waals surface area contributed by atoms with E-state index in [1.54, 1.807) is 0 Å². The molecule has 0 aromatic heterocycles. The van der Waals surface area contributed by atoms with Gasteiger partial charge in [0.25, 0.3) is 0 Å². The van der Waals surface area contributed by atoms with Crippen molar-refractivity contribution in [1.82, 2.24) is 0 Å². The maximum atomic E-state index is 12.5. The van der Waals surface area contributed by atoms with Gasteiger partial charge < -0.3 is 14.6 Å². The summed E-state index contributed by atoms with van der Waals surface area (Å²) in [5.41, 5.74) is -2.88. The molecule has 0 amide bonds. The van der Waals surface area contributed by atoms with Gasteiger partial charge in [-0.15, -0.1) is 0 Å². The first-order valence-electron chi connectivity index (χ1n) is 4.54. The summed E-state index contributed by atoms with van der Waals surface area (Å²) in [7, 11) is 0. The molecule has 1 unspecified atom stereocenters. The lowest BCUT2D eigenvalue weighted by atomic mass is 10.0. The molecule has 1 heterocycles. The van der Waals surface area contributed by atoms with Crippen molar-refractivity contribution in [3.05, 3.63) is 0 Å². The Morgan fingerprint density at radius 2 is 1.63 bits per heavy atom. The fourth-order valence-corrected chi connectivity index (χ4v) is 1.41. The van der Waals surface area contributed by atoms with E-state index in [0.29, 0.717) is 6.92 Å². The third-order valence-electron chi connectivity index (χ3n) is 2.27. The Morgan fingerprint density at radius 3 is 1.89 bits per heavy atom. The Morgan fingerprint density at radius 1 is 1.21 bits per heavy atom. The molecular formula is C8H6F6O5. The summed E-state index contributed by atoms with van der Waals surface area (Å²) in [4.78, 5) is 21.5. The SMILES string of the molecule is CC1(CC(=O)O)OC(C(F)(F)F)(C(F)(F)F)OC1=O. The second kappa shape index (κ2) is 3.99. The maximum absolute atomic E-state index is 12.5. The number of carboxylic acid groups (broad SMARTS) is 1. The average Bonchev–Trinajstić information content (AvgIpc) is 2.36. The van der Waals surface area contributed by atoms with E-state index in [1.807, 2.05) is 0 Å². The predicted octanol–water partition coefficient (Wildman–Crippen LogP) is 1.61. The number of hydrogen-bond acceptors (Lipinski definition) is 4. The quantitative estimate of drug-likeness (QED) is 0.619. The normalized spacial score (nSPS) is 27.2. The molecule has 19 heavy (non-hydrogen) atoms. The molecule has 0 aromatic carbocycles. The standard InChI is InChI=1S/C8H6F6O5/c1-5(2-3(15)16)4(17)18-6(19-5,7(9,10)11)8(12,13)14/h2H2,1H3,(H,15,16). The number of esters is 1. The summed E-state index contributed by atoms with van der Waals surface area (Å²) in [5.74, 6) is -9.02. The molecule has 110 valence electrons. The number of alkyl halides is 6. The highest BCUT2D eigenvalue weighted by Gasteiger charge is 2.82. The molecule has 0 bridgehead atoms. The van der Waals surface area contributed by atoms with Crippen LogP contribution in [-0.2, 0) is 19.1 Å². The van der Waals surface area contributed by atoms with Crippen molar-refractivity contribution < 1.29 is 50.5 Å². The van der Waals surface area contributed by atoms with E-state index in [2.05, 4.69) is 9.47 Å². The predicted molar refractivity (Wildman–Crippen MR) is 42.7 cm³/mol. The molecule has 1 aliphatic rings. The number of carbonyl (C=O) groups excluding carboxylic acids is 1. The van der Waals surface area contributed by atoms with E-state index in [0.717, 1.165) is 0 Å². The lowest BCUT2D eigenvalue weighted by Gasteiger charge is -2.31. The van der Waals surface area contributed by atoms with Crippen LogP contribution in [0, 0.1) is 0 Å². The zero-order chi connectivity index (χ0) is 15.3. The van der Waals surface area contributed by atoms with Crippen molar-refractivity contribution in [2.75, 3.05) is 0 Å². The van der Waals surface area contributed by atoms with Gasteiger partial charge in [-0.1, -0.05) is 0 Å². The van der Waals surface area contributed by atoms with Crippen LogP contribution in [0.15, 0.2) is 0 Å². The summed E-state index contributed by atoms with van der Waals surface area (Å²) >= 11 is 0. The van der Waals surface area contributed by atoms with Crippen LogP contribution in [0.2, 0.25) is 0 Å². The molecule has 0 aromatic rings. The minimum Gasteiger partial charge on any atom is -0.481 e. The molecule has 1 atom stereocenters. The van der Waals surface area contributed by atoms with Crippen LogP contribution in [0.5, 0.6) is 0 Å². The summed E-state index contributed by atoms with van der Waals surface area (Å²) in [6.45, 7) is 0.475. The summed E-state index contributed by atoms with van der Waals surface area (Å²) in [5, 5.41) is 8.38. The number of ether oxygens (including phenoxy) is 2. The van der Waals surface area contributed by atoms with E-state index >= 15 is 0 Å². The smallest absolute Gasteiger partial charge is 0.465 e. The number of aliphatic carboxylic acids is 1.